The van der Waals surface area contributed by atoms with Crippen molar-refractivity contribution in [2.45, 2.75) is 38.7 Å². The number of benzene rings is 2. The second kappa shape index (κ2) is 7.63. The monoisotopic (exact) mass is 352 g/mol. The summed E-state index contributed by atoms with van der Waals surface area (Å²) in [6.07, 6.45) is 1.91. The van der Waals surface area contributed by atoms with Gasteiger partial charge in [0, 0.05) is 12.8 Å². The first-order valence-corrected chi connectivity index (χ1v) is 9.50. The second-order valence-corrected chi connectivity index (χ2v) is 8.27. The number of ether oxygens (including phenoxy) is 1. The van der Waals surface area contributed by atoms with Gasteiger partial charge < -0.3 is 9.22 Å². The standard InChI is InChI=1S/C23H30NO2/c1-17-5-9-19(10-6-17)22(20-11-7-18(2)8-12-20)23(25)26-21-13-15-24(3,4)16-14-21/h5-12,21-22H,13-16H2,1-4H3/q+1. The van der Waals surface area contributed by atoms with Crippen LogP contribution in [0.3, 0.4) is 0 Å². The first kappa shape index (κ1) is 18.7. The molecule has 1 heterocycles. The smallest absolute Gasteiger partial charge is 0.318 e. The van der Waals surface area contributed by atoms with Gasteiger partial charge in [0.2, 0.25) is 0 Å². The van der Waals surface area contributed by atoms with Gasteiger partial charge in [0.15, 0.2) is 0 Å². The maximum absolute atomic E-state index is 13.1. The Morgan fingerprint density at radius 2 is 1.31 bits per heavy atom. The molecule has 0 bridgehead atoms. The largest absolute Gasteiger partial charge is 0.461 e. The van der Waals surface area contributed by atoms with Crippen LogP contribution in [0.15, 0.2) is 48.5 Å². The molecule has 0 aliphatic carbocycles. The number of rotatable bonds is 4. The van der Waals surface area contributed by atoms with Crippen molar-refractivity contribution < 1.29 is 14.0 Å². The van der Waals surface area contributed by atoms with Crippen LogP contribution < -0.4 is 0 Å². The van der Waals surface area contributed by atoms with Gasteiger partial charge in [0.25, 0.3) is 0 Å². The predicted molar refractivity (Wildman–Crippen MR) is 105 cm³/mol. The Morgan fingerprint density at radius 1 is 0.885 bits per heavy atom. The van der Waals surface area contributed by atoms with Gasteiger partial charge in [0.1, 0.15) is 12.0 Å². The molecule has 1 saturated heterocycles. The van der Waals surface area contributed by atoms with Crippen molar-refractivity contribution >= 4 is 5.97 Å². The number of carbonyl (C=O) groups excluding carboxylic acids is 1. The van der Waals surface area contributed by atoms with Crippen molar-refractivity contribution in [3.8, 4) is 0 Å². The number of esters is 1. The van der Waals surface area contributed by atoms with Gasteiger partial charge in [-0.1, -0.05) is 59.7 Å². The molecular formula is C23H30NO2+. The maximum Gasteiger partial charge on any atom is 0.318 e. The first-order chi connectivity index (χ1) is 12.3. The van der Waals surface area contributed by atoms with E-state index in [1.54, 1.807) is 0 Å². The summed E-state index contributed by atoms with van der Waals surface area (Å²) >= 11 is 0. The summed E-state index contributed by atoms with van der Waals surface area (Å²) in [6, 6.07) is 16.4. The zero-order chi connectivity index (χ0) is 18.7. The third-order valence-electron chi connectivity index (χ3n) is 5.45. The summed E-state index contributed by atoms with van der Waals surface area (Å²) in [5, 5.41) is 0. The van der Waals surface area contributed by atoms with Gasteiger partial charge in [-0.2, -0.15) is 0 Å². The van der Waals surface area contributed by atoms with Crippen LogP contribution >= 0.6 is 0 Å². The predicted octanol–water partition coefficient (Wildman–Crippen LogP) is 4.22. The van der Waals surface area contributed by atoms with E-state index in [9.17, 15) is 4.79 Å². The minimum Gasteiger partial charge on any atom is -0.461 e. The number of hydrogen-bond acceptors (Lipinski definition) is 2. The molecule has 26 heavy (non-hydrogen) atoms. The van der Waals surface area contributed by atoms with Crippen molar-refractivity contribution in [2.75, 3.05) is 27.2 Å². The Hall–Kier alpha value is -2.13. The number of carbonyl (C=O) groups is 1. The van der Waals surface area contributed by atoms with Crippen LogP contribution in [0.5, 0.6) is 0 Å². The topological polar surface area (TPSA) is 26.3 Å². The van der Waals surface area contributed by atoms with Crippen LogP contribution in [0, 0.1) is 13.8 Å². The third kappa shape index (κ3) is 4.53. The minimum atomic E-state index is -0.361. The van der Waals surface area contributed by atoms with E-state index >= 15 is 0 Å². The Bertz CT molecular complexity index is 691. The highest BCUT2D eigenvalue weighted by Gasteiger charge is 2.31. The molecule has 0 unspecified atom stereocenters. The van der Waals surface area contributed by atoms with Crippen LogP contribution in [0.25, 0.3) is 0 Å². The van der Waals surface area contributed by atoms with Gasteiger partial charge in [-0.25, -0.2) is 0 Å². The first-order valence-electron chi connectivity index (χ1n) is 9.50. The van der Waals surface area contributed by atoms with Crippen LogP contribution in [0.4, 0.5) is 0 Å². The summed E-state index contributed by atoms with van der Waals surface area (Å²) in [5.74, 6) is -0.490. The van der Waals surface area contributed by atoms with E-state index in [-0.39, 0.29) is 18.0 Å². The molecule has 2 aromatic rings. The van der Waals surface area contributed by atoms with E-state index in [2.05, 4.69) is 52.2 Å². The van der Waals surface area contributed by atoms with Crippen LogP contribution in [-0.2, 0) is 9.53 Å². The van der Waals surface area contributed by atoms with Crippen LogP contribution in [0.2, 0.25) is 0 Å². The lowest BCUT2D eigenvalue weighted by molar-refractivity contribution is -0.896. The van der Waals surface area contributed by atoms with Gasteiger partial charge in [0.05, 0.1) is 27.2 Å². The van der Waals surface area contributed by atoms with Gasteiger partial charge in [-0.05, 0) is 25.0 Å². The number of quaternary nitrogens is 1. The highest BCUT2D eigenvalue weighted by atomic mass is 16.5. The molecule has 138 valence electrons. The van der Waals surface area contributed by atoms with E-state index in [0.717, 1.165) is 41.5 Å². The summed E-state index contributed by atoms with van der Waals surface area (Å²) < 4.78 is 6.97. The molecule has 0 atom stereocenters. The van der Waals surface area contributed by atoms with E-state index < -0.39 is 0 Å². The third-order valence-corrected chi connectivity index (χ3v) is 5.45. The van der Waals surface area contributed by atoms with Crippen molar-refractivity contribution in [1.29, 1.82) is 0 Å². The Kier molecular flexibility index (Phi) is 5.47. The number of likely N-dealkylation sites (tertiary alicyclic amines) is 1. The SMILES string of the molecule is Cc1ccc(C(C(=O)OC2CC[N+](C)(C)CC2)c2ccc(C)cc2)cc1. The fraction of sp³-hybridized carbons (Fsp3) is 0.435. The summed E-state index contributed by atoms with van der Waals surface area (Å²) in [4.78, 5) is 13.1. The molecule has 3 nitrogen and oxygen atoms in total. The van der Waals surface area contributed by atoms with Crippen molar-refractivity contribution in [2.24, 2.45) is 0 Å². The Labute approximate surface area is 157 Å². The molecule has 0 radical (unpaired) electrons. The van der Waals surface area contributed by atoms with Crippen LogP contribution in [0.1, 0.15) is 41.0 Å². The molecule has 0 N–H and O–H groups in total. The number of piperidine rings is 1. The Morgan fingerprint density at radius 3 is 1.73 bits per heavy atom. The zero-order valence-corrected chi connectivity index (χ0v) is 16.4. The van der Waals surface area contributed by atoms with E-state index in [0.29, 0.717) is 0 Å². The summed E-state index contributed by atoms with van der Waals surface area (Å²) in [5.41, 5.74) is 4.38. The molecule has 3 rings (SSSR count). The zero-order valence-electron chi connectivity index (χ0n) is 16.4. The highest BCUT2D eigenvalue weighted by Crippen LogP contribution is 2.29. The Balaban J connectivity index is 1.82. The van der Waals surface area contributed by atoms with Crippen molar-refractivity contribution in [3.05, 3.63) is 70.8 Å². The van der Waals surface area contributed by atoms with Crippen LogP contribution in [-0.4, -0.2) is 43.7 Å². The second-order valence-electron chi connectivity index (χ2n) is 8.27. The van der Waals surface area contributed by atoms with Crippen molar-refractivity contribution in [3.63, 3.8) is 0 Å². The van der Waals surface area contributed by atoms with Gasteiger partial charge >= 0.3 is 5.97 Å². The van der Waals surface area contributed by atoms with Gasteiger partial charge in [-0.3, -0.25) is 4.79 Å². The highest BCUT2D eigenvalue weighted by molar-refractivity contribution is 5.82. The van der Waals surface area contributed by atoms with E-state index in [4.69, 9.17) is 4.74 Å². The molecule has 0 saturated carbocycles. The number of nitrogens with zero attached hydrogens (tertiary/aromatic N) is 1. The van der Waals surface area contributed by atoms with Gasteiger partial charge in [-0.15, -0.1) is 0 Å². The molecule has 1 aliphatic heterocycles. The average Bonchev–Trinajstić information content (AvgIpc) is 2.60. The van der Waals surface area contributed by atoms with Crippen molar-refractivity contribution in [1.82, 2.24) is 0 Å². The van der Waals surface area contributed by atoms with E-state index in [1.165, 1.54) is 11.1 Å². The average molecular weight is 352 g/mol. The normalized spacial score (nSPS) is 17.3. The summed E-state index contributed by atoms with van der Waals surface area (Å²) in [7, 11) is 4.47. The lowest BCUT2D eigenvalue weighted by Gasteiger charge is -2.37. The molecule has 2 aromatic carbocycles. The minimum absolute atomic E-state index is 0.0343. The van der Waals surface area contributed by atoms with E-state index in [1.807, 2.05) is 24.3 Å². The molecule has 0 amide bonds. The fourth-order valence-electron chi connectivity index (χ4n) is 3.58. The molecular weight excluding hydrogens is 322 g/mol. The maximum atomic E-state index is 13.1. The molecule has 1 aliphatic rings. The summed E-state index contributed by atoms with van der Waals surface area (Å²) in [6.45, 7) is 6.23. The molecule has 1 fully saturated rings. The molecule has 0 aromatic heterocycles. The lowest BCUT2D eigenvalue weighted by Crippen LogP contribution is -2.48. The number of aryl methyl sites for hydroxylation is 2. The fourth-order valence-corrected chi connectivity index (χ4v) is 3.58. The molecule has 3 heteroatoms. The quantitative estimate of drug-likeness (QED) is 0.608. The number of hydrogen-bond donors (Lipinski definition) is 0. The molecule has 0 spiro atoms. The lowest BCUT2D eigenvalue weighted by atomic mass is 9.90.